The molecule has 3 heteroatoms. The van der Waals surface area contributed by atoms with Gasteiger partial charge in [-0.25, -0.2) is 0 Å². The molecule has 0 aromatic carbocycles. The van der Waals surface area contributed by atoms with E-state index in [1.54, 1.807) is 0 Å². The first-order valence-electron chi connectivity index (χ1n) is 5.82. The van der Waals surface area contributed by atoms with Gasteiger partial charge in [-0.2, -0.15) is 5.10 Å². The van der Waals surface area contributed by atoms with Gasteiger partial charge in [0, 0.05) is 30.9 Å². The Morgan fingerprint density at radius 2 is 2.20 bits per heavy atom. The summed E-state index contributed by atoms with van der Waals surface area (Å²) in [4.78, 5) is 0. The second kappa shape index (κ2) is 3.97. The van der Waals surface area contributed by atoms with Crippen molar-refractivity contribution in [3.63, 3.8) is 0 Å². The van der Waals surface area contributed by atoms with Gasteiger partial charge >= 0.3 is 0 Å². The fourth-order valence-electron chi connectivity index (χ4n) is 2.52. The molecular formula is C12H21N3. The average Bonchev–Trinajstić information content (AvgIpc) is 2.42. The third-order valence-corrected chi connectivity index (χ3v) is 3.38. The molecule has 1 aromatic rings. The lowest BCUT2D eigenvalue weighted by Crippen LogP contribution is -2.41. The summed E-state index contributed by atoms with van der Waals surface area (Å²) in [5.41, 5.74) is 2.47. The lowest BCUT2D eigenvalue weighted by atomic mass is 9.81. The van der Waals surface area contributed by atoms with Crippen molar-refractivity contribution in [3.8, 4) is 0 Å². The van der Waals surface area contributed by atoms with Crippen LogP contribution >= 0.6 is 0 Å². The van der Waals surface area contributed by atoms with Crippen molar-refractivity contribution in [2.24, 2.45) is 13.0 Å². The van der Waals surface area contributed by atoms with Crippen molar-refractivity contribution < 1.29 is 0 Å². The van der Waals surface area contributed by atoms with Gasteiger partial charge in [0.15, 0.2) is 0 Å². The van der Waals surface area contributed by atoms with Crippen LogP contribution in [-0.2, 0) is 7.05 Å². The van der Waals surface area contributed by atoms with Crippen LogP contribution in [0.15, 0.2) is 6.20 Å². The molecule has 1 unspecified atom stereocenters. The average molecular weight is 207 g/mol. The smallest absolute Gasteiger partial charge is 0.0641 e. The summed E-state index contributed by atoms with van der Waals surface area (Å²) in [6, 6.07) is 1.14. The maximum Gasteiger partial charge on any atom is 0.0641 e. The Kier molecular flexibility index (Phi) is 2.83. The van der Waals surface area contributed by atoms with E-state index >= 15 is 0 Å². The van der Waals surface area contributed by atoms with Crippen LogP contribution in [0.1, 0.15) is 44.0 Å². The third-order valence-electron chi connectivity index (χ3n) is 3.38. The number of aryl methyl sites for hydroxylation is 2. The lowest BCUT2D eigenvalue weighted by molar-refractivity contribution is 0.226. The summed E-state index contributed by atoms with van der Waals surface area (Å²) in [6.45, 7) is 6.63. The molecule has 0 saturated heterocycles. The Morgan fingerprint density at radius 3 is 2.67 bits per heavy atom. The molecule has 0 radical (unpaired) electrons. The summed E-state index contributed by atoms with van der Waals surface area (Å²) in [5.74, 6) is 0.907. The number of nitrogens with one attached hydrogen (secondary N) is 1. The Bertz CT molecular complexity index is 337. The molecular weight excluding hydrogens is 186 g/mol. The molecule has 1 N–H and O–H groups in total. The number of rotatable bonds is 3. The maximum atomic E-state index is 4.37. The van der Waals surface area contributed by atoms with E-state index in [0.29, 0.717) is 6.04 Å². The van der Waals surface area contributed by atoms with E-state index in [1.807, 2.05) is 11.7 Å². The van der Waals surface area contributed by atoms with Crippen molar-refractivity contribution in [3.05, 3.63) is 17.5 Å². The van der Waals surface area contributed by atoms with Gasteiger partial charge in [0.25, 0.3) is 0 Å². The quantitative estimate of drug-likeness (QED) is 0.823. The molecule has 2 rings (SSSR count). The highest BCUT2D eigenvalue weighted by molar-refractivity contribution is 5.19. The highest BCUT2D eigenvalue weighted by Crippen LogP contribution is 2.29. The zero-order valence-corrected chi connectivity index (χ0v) is 10.1. The van der Waals surface area contributed by atoms with Crippen molar-refractivity contribution >= 4 is 0 Å². The first kappa shape index (κ1) is 10.7. The first-order chi connectivity index (χ1) is 7.06. The predicted octanol–water partition coefficient (Wildman–Crippen LogP) is 2.18. The largest absolute Gasteiger partial charge is 0.307 e. The molecule has 0 aliphatic heterocycles. The molecule has 1 aromatic heterocycles. The summed E-state index contributed by atoms with van der Waals surface area (Å²) in [6.07, 6.45) is 4.77. The minimum atomic E-state index is 0.427. The van der Waals surface area contributed by atoms with E-state index in [-0.39, 0.29) is 0 Å². The van der Waals surface area contributed by atoms with Gasteiger partial charge in [-0.1, -0.05) is 6.92 Å². The van der Waals surface area contributed by atoms with E-state index in [2.05, 4.69) is 37.4 Å². The van der Waals surface area contributed by atoms with Gasteiger partial charge in [-0.15, -0.1) is 0 Å². The molecule has 3 nitrogen and oxygen atoms in total. The fourth-order valence-corrected chi connectivity index (χ4v) is 2.52. The predicted molar refractivity (Wildman–Crippen MR) is 61.7 cm³/mol. The highest BCUT2D eigenvalue weighted by Gasteiger charge is 2.27. The second-order valence-electron chi connectivity index (χ2n) is 5.01. The molecule has 15 heavy (non-hydrogen) atoms. The van der Waals surface area contributed by atoms with E-state index < -0.39 is 0 Å². The van der Waals surface area contributed by atoms with Crippen molar-refractivity contribution in [1.29, 1.82) is 0 Å². The fraction of sp³-hybridized carbons (Fsp3) is 0.750. The molecule has 0 bridgehead atoms. The van der Waals surface area contributed by atoms with Crippen LogP contribution in [0.25, 0.3) is 0 Å². The standard InChI is InChI=1S/C12H21N3/c1-8-5-11(6-8)13-9(2)12-7-15(4)14-10(12)3/h7-9,11,13H,5-6H2,1-4H3. The topological polar surface area (TPSA) is 29.9 Å². The van der Waals surface area contributed by atoms with Gasteiger partial charge in [0.2, 0.25) is 0 Å². The molecule has 0 amide bonds. The second-order valence-corrected chi connectivity index (χ2v) is 5.01. The molecule has 1 atom stereocenters. The van der Waals surface area contributed by atoms with E-state index in [9.17, 15) is 0 Å². The van der Waals surface area contributed by atoms with Crippen molar-refractivity contribution in [2.75, 3.05) is 0 Å². The molecule has 1 aliphatic rings. The number of hydrogen-bond donors (Lipinski definition) is 1. The monoisotopic (exact) mass is 207 g/mol. The van der Waals surface area contributed by atoms with Crippen LogP contribution in [0.3, 0.4) is 0 Å². The highest BCUT2D eigenvalue weighted by atomic mass is 15.3. The number of hydrogen-bond acceptors (Lipinski definition) is 2. The first-order valence-corrected chi connectivity index (χ1v) is 5.82. The van der Waals surface area contributed by atoms with Gasteiger partial charge < -0.3 is 5.32 Å². The van der Waals surface area contributed by atoms with E-state index in [0.717, 1.165) is 17.7 Å². The van der Waals surface area contributed by atoms with Gasteiger partial charge in [0.05, 0.1) is 5.69 Å². The summed E-state index contributed by atoms with van der Waals surface area (Å²) in [5, 5.41) is 8.04. The Hall–Kier alpha value is -0.830. The number of aromatic nitrogens is 2. The van der Waals surface area contributed by atoms with Crippen LogP contribution < -0.4 is 5.32 Å². The SMILES string of the molecule is Cc1nn(C)cc1C(C)NC1CC(C)C1. The minimum absolute atomic E-state index is 0.427. The Balaban J connectivity index is 1.95. The Morgan fingerprint density at radius 1 is 1.53 bits per heavy atom. The number of nitrogens with zero attached hydrogens (tertiary/aromatic N) is 2. The van der Waals surface area contributed by atoms with Gasteiger partial charge in [-0.05, 0) is 32.6 Å². The summed E-state index contributed by atoms with van der Waals surface area (Å²) < 4.78 is 1.90. The van der Waals surface area contributed by atoms with Crippen molar-refractivity contribution in [2.45, 2.75) is 45.7 Å². The molecule has 1 aliphatic carbocycles. The molecule has 84 valence electrons. The van der Waals surface area contributed by atoms with E-state index in [1.165, 1.54) is 18.4 Å². The molecule has 1 fully saturated rings. The van der Waals surface area contributed by atoms with Gasteiger partial charge in [-0.3, -0.25) is 4.68 Å². The van der Waals surface area contributed by atoms with Crippen LogP contribution in [0.4, 0.5) is 0 Å². The van der Waals surface area contributed by atoms with Crippen LogP contribution in [-0.4, -0.2) is 15.8 Å². The minimum Gasteiger partial charge on any atom is -0.307 e. The zero-order valence-electron chi connectivity index (χ0n) is 10.1. The normalized spacial score (nSPS) is 27.5. The molecule has 0 spiro atoms. The lowest BCUT2D eigenvalue weighted by Gasteiger charge is -2.35. The summed E-state index contributed by atoms with van der Waals surface area (Å²) >= 11 is 0. The van der Waals surface area contributed by atoms with Crippen LogP contribution in [0, 0.1) is 12.8 Å². The molecule has 1 saturated carbocycles. The maximum absolute atomic E-state index is 4.37. The zero-order chi connectivity index (χ0) is 11.0. The van der Waals surface area contributed by atoms with Crippen molar-refractivity contribution in [1.82, 2.24) is 15.1 Å². The molecule has 1 heterocycles. The summed E-state index contributed by atoms with van der Waals surface area (Å²) in [7, 11) is 1.98. The van der Waals surface area contributed by atoms with Crippen LogP contribution in [0.5, 0.6) is 0 Å². The Labute approximate surface area is 91.9 Å². The third kappa shape index (κ3) is 2.23. The van der Waals surface area contributed by atoms with Gasteiger partial charge in [0.1, 0.15) is 0 Å². The van der Waals surface area contributed by atoms with Crippen LogP contribution in [0.2, 0.25) is 0 Å². The van der Waals surface area contributed by atoms with E-state index in [4.69, 9.17) is 0 Å².